The van der Waals surface area contributed by atoms with Gasteiger partial charge in [0.1, 0.15) is 16.1 Å². The highest BCUT2D eigenvalue weighted by Crippen LogP contribution is 2.41. The average molecular weight is 403 g/mol. The molecule has 140 valence electrons. The lowest BCUT2D eigenvalue weighted by Gasteiger charge is -2.18. The number of aromatic hydroxyl groups is 1. The third-order valence-electron chi connectivity index (χ3n) is 5.18. The Kier molecular flexibility index (Phi) is 4.48. The number of rotatable bonds is 2. The summed E-state index contributed by atoms with van der Waals surface area (Å²) in [6.45, 7) is 3.98. The second-order valence-electron chi connectivity index (χ2n) is 7.10. The van der Waals surface area contributed by atoms with Crippen molar-refractivity contribution in [3.05, 3.63) is 55.1 Å². The molecule has 0 aliphatic heterocycles. The Morgan fingerprint density at radius 2 is 2.19 bits per heavy atom. The van der Waals surface area contributed by atoms with E-state index in [0.29, 0.717) is 32.4 Å². The molecule has 5 nitrogen and oxygen atoms in total. The molecule has 0 saturated heterocycles. The molecule has 7 heteroatoms. The van der Waals surface area contributed by atoms with E-state index in [1.807, 2.05) is 0 Å². The number of halogens is 1. The molecule has 0 spiro atoms. The summed E-state index contributed by atoms with van der Waals surface area (Å²) in [7, 11) is 0. The molecular formula is C20H19ClN2O3S. The summed E-state index contributed by atoms with van der Waals surface area (Å²) in [6, 6.07) is 5.15. The van der Waals surface area contributed by atoms with E-state index in [1.54, 1.807) is 25.1 Å². The van der Waals surface area contributed by atoms with Crippen molar-refractivity contribution in [2.75, 3.05) is 5.32 Å². The van der Waals surface area contributed by atoms with Gasteiger partial charge < -0.3 is 15.4 Å². The Hall–Kier alpha value is -2.31. The van der Waals surface area contributed by atoms with Gasteiger partial charge >= 0.3 is 0 Å². The van der Waals surface area contributed by atoms with Gasteiger partial charge in [0.05, 0.1) is 5.39 Å². The third kappa shape index (κ3) is 3.03. The zero-order chi connectivity index (χ0) is 19.3. The standard InChI is InChI=1S/C20H19ClN2O3S/c1-9-6-7-11-14(8-9)27-20-15(11)17(24)16(19(26)23-20)18(25)22-13-5-3-4-12(21)10(13)2/h3-5,9H,6-8H2,1-2H3,(H,22,25)(H2,23,24,26)/t9-/m0/s1. The predicted octanol–water partition coefficient (Wildman–Crippen LogP) is 4.63. The fourth-order valence-electron chi connectivity index (χ4n) is 3.63. The van der Waals surface area contributed by atoms with Crippen molar-refractivity contribution in [3.8, 4) is 5.75 Å². The molecule has 2 aromatic heterocycles. The Morgan fingerprint density at radius 1 is 1.41 bits per heavy atom. The van der Waals surface area contributed by atoms with Crippen LogP contribution in [0.1, 0.15) is 39.7 Å². The first-order valence-electron chi connectivity index (χ1n) is 8.82. The summed E-state index contributed by atoms with van der Waals surface area (Å²) in [4.78, 5) is 29.9. The van der Waals surface area contributed by atoms with Gasteiger partial charge in [0.25, 0.3) is 11.5 Å². The van der Waals surface area contributed by atoms with E-state index < -0.39 is 11.5 Å². The minimum atomic E-state index is -0.648. The second-order valence-corrected chi connectivity index (χ2v) is 8.61. The van der Waals surface area contributed by atoms with Gasteiger partial charge in [-0.25, -0.2) is 0 Å². The highest BCUT2D eigenvalue weighted by atomic mass is 35.5. The Bertz CT molecular complexity index is 1130. The van der Waals surface area contributed by atoms with E-state index in [9.17, 15) is 14.7 Å². The van der Waals surface area contributed by atoms with E-state index in [-0.39, 0.29) is 11.3 Å². The maximum absolute atomic E-state index is 12.8. The highest BCUT2D eigenvalue weighted by Gasteiger charge is 2.27. The van der Waals surface area contributed by atoms with Crippen molar-refractivity contribution in [2.24, 2.45) is 5.92 Å². The van der Waals surface area contributed by atoms with Crippen molar-refractivity contribution in [2.45, 2.75) is 33.1 Å². The number of thiophene rings is 1. The van der Waals surface area contributed by atoms with Gasteiger partial charge in [0, 0.05) is 15.6 Å². The van der Waals surface area contributed by atoms with Crippen LogP contribution in [0.5, 0.6) is 5.75 Å². The largest absolute Gasteiger partial charge is 0.506 e. The summed E-state index contributed by atoms with van der Waals surface area (Å²) in [6.07, 6.45) is 2.80. The fraction of sp³-hybridized carbons (Fsp3) is 0.300. The van der Waals surface area contributed by atoms with E-state index >= 15 is 0 Å². The number of aromatic nitrogens is 1. The maximum Gasteiger partial charge on any atom is 0.265 e. The number of nitrogens with one attached hydrogen (secondary N) is 2. The normalized spacial score (nSPS) is 16.3. The number of aromatic amines is 1. The lowest BCUT2D eigenvalue weighted by Crippen LogP contribution is -2.23. The van der Waals surface area contributed by atoms with Gasteiger partial charge in [-0.1, -0.05) is 24.6 Å². The lowest BCUT2D eigenvalue weighted by atomic mass is 9.89. The molecule has 1 aliphatic rings. The summed E-state index contributed by atoms with van der Waals surface area (Å²) in [5.41, 5.74) is 1.40. The minimum absolute atomic E-state index is 0.238. The Balaban J connectivity index is 1.81. The van der Waals surface area contributed by atoms with Gasteiger partial charge in [0.2, 0.25) is 0 Å². The first-order chi connectivity index (χ1) is 12.9. The van der Waals surface area contributed by atoms with Gasteiger partial charge in [-0.15, -0.1) is 11.3 Å². The first kappa shape index (κ1) is 18.1. The number of benzene rings is 1. The van der Waals surface area contributed by atoms with Crippen LogP contribution < -0.4 is 10.9 Å². The van der Waals surface area contributed by atoms with Crippen LogP contribution in [0.3, 0.4) is 0 Å². The van der Waals surface area contributed by atoms with E-state index in [2.05, 4.69) is 17.2 Å². The van der Waals surface area contributed by atoms with Crippen LogP contribution >= 0.6 is 22.9 Å². The molecule has 0 unspecified atom stereocenters. The number of carbonyl (C=O) groups excluding carboxylic acids is 1. The number of H-pyrrole nitrogens is 1. The molecule has 0 saturated carbocycles. The van der Waals surface area contributed by atoms with E-state index in [4.69, 9.17) is 11.6 Å². The molecule has 3 aromatic rings. The van der Waals surface area contributed by atoms with Crippen LogP contribution in [0.25, 0.3) is 10.2 Å². The maximum atomic E-state index is 12.8. The highest BCUT2D eigenvalue weighted by molar-refractivity contribution is 7.18. The summed E-state index contributed by atoms with van der Waals surface area (Å²) >= 11 is 7.59. The van der Waals surface area contributed by atoms with Gasteiger partial charge in [-0.2, -0.15) is 0 Å². The molecule has 3 N–H and O–H groups in total. The zero-order valence-corrected chi connectivity index (χ0v) is 16.6. The molecule has 1 aliphatic carbocycles. The molecule has 27 heavy (non-hydrogen) atoms. The molecule has 1 aromatic carbocycles. The van der Waals surface area contributed by atoms with Gasteiger partial charge in [0.15, 0.2) is 0 Å². The summed E-state index contributed by atoms with van der Waals surface area (Å²) < 4.78 is 0. The van der Waals surface area contributed by atoms with Crippen LogP contribution in [0.2, 0.25) is 5.02 Å². The molecule has 0 fully saturated rings. The number of amides is 1. The SMILES string of the molecule is Cc1c(Cl)cccc1NC(=O)c1c(O)c2c3c(sc2[nH]c1=O)C[C@@H](C)CC3. The quantitative estimate of drug-likeness (QED) is 0.584. The smallest absolute Gasteiger partial charge is 0.265 e. The van der Waals surface area contributed by atoms with Crippen LogP contribution in [-0.4, -0.2) is 16.0 Å². The number of carbonyl (C=O) groups is 1. The number of fused-ring (bicyclic) bond motifs is 3. The van der Waals surface area contributed by atoms with Crippen molar-refractivity contribution in [1.29, 1.82) is 0 Å². The first-order valence-corrected chi connectivity index (χ1v) is 10.0. The van der Waals surface area contributed by atoms with Gasteiger partial charge in [-0.05, 0) is 55.4 Å². The van der Waals surface area contributed by atoms with Crippen LogP contribution in [0, 0.1) is 12.8 Å². The van der Waals surface area contributed by atoms with Crippen LogP contribution in [-0.2, 0) is 12.8 Å². The lowest BCUT2D eigenvalue weighted by molar-refractivity contribution is 0.102. The molecule has 0 radical (unpaired) electrons. The number of pyridine rings is 1. The second kappa shape index (κ2) is 6.69. The molecule has 4 rings (SSSR count). The molecule has 1 amide bonds. The predicted molar refractivity (Wildman–Crippen MR) is 109 cm³/mol. The van der Waals surface area contributed by atoms with E-state index in [0.717, 1.165) is 24.8 Å². The number of hydrogen-bond donors (Lipinski definition) is 3. The average Bonchev–Trinajstić information content (AvgIpc) is 2.96. The third-order valence-corrected chi connectivity index (χ3v) is 6.76. The number of anilines is 1. The van der Waals surface area contributed by atoms with E-state index in [1.165, 1.54) is 16.2 Å². The van der Waals surface area contributed by atoms with Crippen LogP contribution in [0.4, 0.5) is 5.69 Å². The molecule has 1 atom stereocenters. The molecular weight excluding hydrogens is 384 g/mol. The number of aryl methyl sites for hydroxylation is 1. The topological polar surface area (TPSA) is 82.2 Å². The summed E-state index contributed by atoms with van der Waals surface area (Å²) in [5.74, 6) is -0.309. The molecule has 0 bridgehead atoms. The fourth-order valence-corrected chi connectivity index (χ4v) is 5.21. The molecule has 2 heterocycles. The van der Waals surface area contributed by atoms with Crippen LogP contribution in [0.15, 0.2) is 23.0 Å². The number of hydrogen-bond acceptors (Lipinski definition) is 4. The van der Waals surface area contributed by atoms with Crippen molar-refractivity contribution < 1.29 is 9.90 Å². The Labute approximate surface area is 165 Å². The summed E-state index contributed by atoms with van der Waals surface area (Å²) in [5, 5.41) is 14.6. The minimum Gasteiger partial charge on any atom is -0.506 e. The monoisotopic (exact) mass is 402 g/mol. The van der Waals surface area contributed by atoms with Crippen molar-refractivity contribution >= 4 is 44.7 Å². The van der Waals surface area contributed by atoms with Crippen molar-refractivity contribution in [1.82, 2.24) is 4.98 Å². The van der Waals surface area contributed by atoms with Crippen molar-refractivity contribution in [3.63, 3.8) is 0 Å². The van der Waals surface area contributed by atoms with Gasteiger partial charge in [-0.3, -0.25) is 9.59 Å². The Morgan fingerprint density at radius 3 is 2.96 bits per heavy atom. The zero-order valence-electron chi connectivity index (χ0n) is 15.0.